The summed E-state index contributed by atoms with van der Waals surface area (Å²) in [5, 5.41) is 0. The Bertz CT molecular complexity index is 1370. The van der Waals surface area contributed by atoms with Crippen molar-refractivity contribution in [2.75, 3.05) is 36.0 Å². The molecule has 0 N–H and O–H groups in total. The number of halogens is 4. The summed E-state index contributed by atoms with van der Waals surface area (Å²) in [6.07, 6.45) is 0.197. The summed E-state index contributed by atoms with van der Waals surface area (Å²) in [6, 6.07) is 12.6. The molecule has 36 heavy (non-hydrogen) atoms. The zero-order valence-corrected chi connectivity index (χ0v) is 19.4. The molecule has 1 aliphatic heterocycles. The molecule has 0 aliphatic carbocycles. The van der Waals surface area contributed by atoms with Gasteiger partial charge in [-0.2, -0.15) is 13.2 Å². The predicted molar refractivity (Wildman–Crippen MR) is 129 cm³/mol. The van der Waals surface area contributed by atoms with Crippen LogP contribution in [0.1, 0.15) is 11.1 Å². The second-order valence-electron chi connectivity index (χ2n) is 8.48. The summed E-state index contributed by atoms with van der Waals surface area (Å²) in [5.41, 5.74) is 1.90. The van der Waals surface area contributed by atoms with Crippen LogP contribution in [0.2, 0.25) is 0 Å². The lowest BCUT2D eigenvalue weighted by molar-refractivity contribution is -0.137. The number of anilines is 2. The summed E-state index contributed by atoms with van der Waals surface area (Å²) in [5.74, 6) is 0.766. The standard InChI is InChI=1S/C26H22F4N6/c1-17-15-19(4-5-21(17)27)22-16-23(34-24(33-22)18-6-9-31-10-7-18)35-11-13-36(14-12-35)25-20(26(28,29)30)3-2-8-32-25/h2-10,15-16H,11-14H2,1H3. The summed E-state index contributed by atoms with van der Waals surface area (Å²) in [7, 11) is 0. The average molecular weight is 494 g/mol. The van der Waals surface area contributed by atoms with Gasteiger partial charge in [-0.05, 0) is 55.0 Å². The van der Waals surface area contributed by atoms with E-state index in [9.17, 15) is 17.6 Å². The fourth-order valence-corrected chi connectivity index (χ4v) is 4.20. The molecule has 6 nitrogen and oxygen atoms in total. The third kappa shape index (κ3) is 4.84. The fourth-order valence-electron chi connectivity index (χ4n) is 4.20. The van der Waals surface area contributed by atoms with Crippen molar-refractivity contribution in [1.82, 2.24) is 19.9 Å². The van der Waals surface area contributed by atoms with Crippen molar-refractivity contribution < 1.29 is 17.6 Å². The van der Waals surface area contributed by atoms with Crippen LogP contribution in [0.4, 0.5) is 29.2 Å². The van der Waals surface area contributed by atoms with Crippen LogP contribution in [0.15, 0.2) is 67.1 Å². The third-order valence-corrected chi connectivity index (χ3v) is 6.10. The van der Waals surface area contributed by atoms with Crippen molar-refractivity contribution in [2.24, 2.45) is 0 Å². The van der Waals surface area contributed by atoms with E-state index in [1.165, 1.54) is 18.3 Å². The molecule has 0 atom stereocenters. The van der Waals surface area contributed by atoms with E-state index < -0.39 is 11.7 Å². The van der Waals surface area contributed by atoms with Gasteiger partial charge in [-0.25, -0.2) is 19.3 Å². The molecule has 184 valence electrons. The number of hydrogen-bond donors (Lipinski definition) is 0. The maximum absolute atomic E-state index is 13.9. The van der Waals surface area contributed by atoms with E-state index in [2.05, 4.69) is 9.97 Å². The Morgan fingerprint density at radius 1 is 0.806 bits per heavy atom. The highest BCUT2D eigenvalue weighted by Gasteiger charge is 2.36. The number of aryl methyl sites for hydroxylation is 1. The number of aromatic nitrogens is 4. The third-order valence-electron chi connectivity index (χ3n) is 6.10. The second-order valence-corrected chi connectivity index (χ2v) is 8.48. The van der Waals surface area contributed by atoms with Gasteiger partial charge in [0.1, 0.15) is 17.5 Å². The first kappa shape index (κ1) is 23.7. The van der Waals surface area contributed by atoms with Crippen molar-refractivity contribution >= 4 is 11.6 Å². The lowest BCUT2D eigenvalue weighted by Crippen LogP contribution is -2.47. The molecule has 0 spiro atoms. The Morgan fingerprint density at radius 2 is 1.53 bits per heavy atom. The molecule has 10 heteroatoms. The van der Waals surface area contributed by atoms with Gasteiger partial charge in [0, 0.05) is 62.0 Å². The highest BCUT2D eigenvalue weighted by molar-refractivity contribution is 5.68. The molecular formula is C26H22F4N6. The van der Waals surface area contributed by atoms with Crippen LogP contribution in [0.3, 0.4) is 0 Å². The van der Waals surface area contributed by atoms with E-state index in [1.54, 1.807) is 48.5 Å². The lowest BCUT2D eigenvalue weighted by atomic mass is 10.1. The Kier molecular flexibility index (Phi) is 6.26. The lowest BCUT2D eigenvalue weighted by Gasteiger charge is -2.37. The van der Waals surface area contributed by atoms with E-state index in [0.29, 0.717) is 49.1 Å². The summed E-state index contributed by atoms with van der Waals surface area (Å²) >= 11 is 0. The quantitative estimate of drug-likeness (QED) is 0.355. The van der Waals surface area contributed by atoms with Crippen molar-refractivity contribution in [2.45, 2.75) is 13.1 Å². The van der Waals surface area contributed by atoms with Gasteiger partial charge in [0.2, 0.25) is 0 Å². The minimum Gasteiger partial charge on any atom is -0.353 e. The van der Waals surface area contributed by atoms with Gasteiger partial charge in [0.15, 0.2) is 5.82 Å². The van der Waals surface area contributed by atoms with Crippen LogP contribution in [0.5, 0.6) is 0 Å². The number of rotatable bonds is 4. The van der Waals surface area contributed by atoms with E-state index in [-0.39, 0.29) is 11.6 Å². The minimum atomic E-state index is -4.48. The van der Waals surface area contributed by atoms with Crippen molar-refractivity contribution in [3.8, 4) is 22.6 Å². The molecule has 1 saturated heterocycles. The van der Waals surface area contributed by atoms with Crippen molar-refractivity contribution in [3.05, 3.63) is 84.1 Å². The van der Waals surface area contributed by atoms with Gasteiger partial charge >= 0.3 is 6.18 Å². The van der Waals surface area contributed by atoms with Crippen LogP contribution >= 0.6 is 0 Å². The van der Waals surface area contributed by atoms with Gasteiger partial charge in [-0.15, -0.1) is 0 Å². The largest absolute Gasteiger partial charge is 0.419 e. The SMILES string of the molecule is Cc1cc(-c2cc(N3CCN(c4ncccc4C(F)(F)F)CC3)nc(-c3ccncc3)n2)ccc1F. The van der Waals surface area contributed by atoms with Crippen LogP contribution in [-0.2, 0) is 6.18 Å². The highest BCUT2D eigenvalue weighted by atomic mass is 19.4. The molecule has 1 aromatic carbocycles. The van der Waals surface area contributed by atoms with E-state index >= 15 is 0 Å². The van der Waals surface area contributed by atoms with Gasteiger partial charge in [0.25, 0.3) is 0 Å². The zero-order valence-electron chi connectivity index (χ0n) is 19.4. The van der Waals surface area contributed by atoms with Crippen LogP contribution in [0.25, 0.3) is 22.6 Å². The highest BCUT2D eigenvalue weighted by Crippen LogP contribution is 2.36. The Hall–Kier alpha value is -4.08. The molecule has 0 radical (unpaired) electrons. The number of alkyl halides is 3. The topological polar surface area (TPSA) is 58.0 Å². The summed E-state index contributed by atoms with van der Waals surface area (Å²) in [4.78, 5) is 21.2. The van der Waals surface area contributed by atoms with Crippen molar-refractivity contribution in [3.63, 3.8) is 0 Å². The van der Waals surface area contributed by atoms with E-state index in [0.717, 1.165) is 17.2 Å². The second kappa shape index (κ2) is 9.52. The Labute approximate surface area is 205 Å². The van der Waals surface area contributed by atoms with Crippen LogP contribution in [-0.4, -0.2) is 46.1 Å². The fraction of sp³-hybridized carbons (Fsp3) is 0.231. The maximum atomic E-state index is 13.9. The normalized spacial score (nSPS) is 14.2. The zero-order chi connectivity index (χ0) is 25.3. The van der Waals surface area contributed by atoms with Gasteiger partial charge in [0.05, 0.1) is 11.3 Å². The molecule has 1 aliphatic rings. The molecule has 4 heterocycles. The number of hydrogen-bond acceptors (Lipinski definition) is 6. The van der Waals surface area contributed by atoms with Gasteiger partial charge in [-0.1, -0.05) is 0 Å². The maximum Gasteiger partial charge on any atom is 0.419 e. The number of piperazine rings is 1. The van der Waals surface area contributed by atoms with E-state index in [4.69, 9.17) is 9.97 Å². The first-order valence-corrected chi connectivity index (χ1v) is 11.4. The molecule has 0 bridgehead atoms. The molecule has 0 amide bonds. The number of nitrogens with zero attached hydrogens (tertiary/aromatic N) is 6. The molecule has 1 fully saturated rings. The molecule has 0 unspecified atom stereocenters. The molecule has 3 aromatic heterocycles. The summed E-state index contributed by atoms with van der Waals surface area (Å²) in [6.45, 7) is 3.28. The predicted octanol–water partition coefficient (Wildman–Crippen LogP) is 5.39. The number of pyridine rings is 2. The van der Waals surface area contributed by atoms with Gasteiger partial charge < -0.3 is 9.80 Å². The first-order valence-electron chi connectivity index (χ1n) is 11.4. The van der Waals surface area contributed by atoms with Crippen LogP contribution < -0.4 is 9.80 Å². The molecular weight excluding hydrogens is 472 g/mol. The molecule has 4 aromatic rings. The first-order chi connectivity index (χ1) is 17.3. The monoisotopic (exact) mass is 494 g/mol. The smallest absolute Gasteiger partial charge is 0.353 e. The Balaban J connectivity index is 1.46. The van der Waals surface area contributed by atoms with Crippen LogP contribution in [0, 0.1) is 12.7 Å². The van der Waals surface area contributed by atoms with Gasteiger partial charge in [-0.3, -0.25) is 4.98 Å². The molecule has 5 rings (SSSR count). The average Bonchev–Trinajstić information content (AvgIpc) is 2.90. The Morgan fingerprint density at radius 3 is 2.22 bits per heavy atom. The molecule has 0 saturated carbocycles. The van der Waals surface area contributed by atoms with E-state index in [1.807, 2.05) is 11.0 Å². The van der Waals surface area contributed by atoms with Crippen molar-refractivity contribution in [1.29, 1.82) is 0 Å². The summed E-state index contributed by atoms with van der Waals surface area (Å²) < 4.78 is 54.3. The number of benzene rings is 1. The minimum absolute atomic E-state index is 0.0627.